The molecule has 6 heteroatoms. The van der Waals surface area contributed by atoms with Crippen molar-refractivity contribution in [2.75, 3.05) is 11.9 Å². The molecule has 1 unspecified atom stereocenters. The van der Waals surface area contributed by atoms with E-state index < -0.39 is 11.9 Å². The molecule has 0 spiro atoms. The van der Waals surface area contributed by atoms with Crippen molar-refractivity contribution in [1.29, 1.82) is 0 Å². The first kappa shape index (κ1) is 15.8. The number of ether oxygens (including phenoxy) is 1. The minimum Gasteiger partial charge on any atom is -0.455 e. The van der Waals surface area contributed by atoms with Crippen LogP contribution in [0.1, 0.15) is 20.3 Å². The van der Waals surface area contributed by atoms with Crippen molar-refractivity contribution in [3.63, 3.8) is 0 Å². The van der Waals surface area contributed by atoms with Crippen molar-refractivity contribution in [3.05, 3.63) is 28.2 Å². The third-order valence-corrected chi connectivity index (χ3v) is 3.40. The van der Waals surface area contributed by atoms with Crippen molar-refractivity contribution in [2.24, 2.45) is 5.92 Å². The molecule has 1 N–H and O–H groups in total. The lowest BCUT2D eigenvalue weighted by atomic mass is 10.1. The number of nitrogens with one attached hydrogen (secondary N) is 1. The standard InChI is InChI=1S/C13H15Cl2NO3/c1-3-8(2)13(18)19-7-11(17)16-10-6-4-5-9(14)12(10)15/h4-6,8H,3,7H2,1-2H3,(H,16,17). The molecular formula is C13H15Cl2NO3. The molecule has 1 aromatic rings. The van der Waals surface area contributed by atoms with Gasteiger partial charge in [-0.15, -0.1) is 0 Å². The van der Waals surface area contributed by atoms with Crippen LogP contribution in [0.15, 0.2) is 18.2 Å². The van der Waals surface area contributed by atoms with E-state index >= 15 is 0 Å². The van der Waals surface area contributed by atoms with Gasteiger partial charge in [-0.05, 0) is 18.6 Å². The highest BCUT2D eigenvalue weighted by Gasteiger charge is 2.14. The van der Waals surface area contributed by atoms with Gasteiger partial charge in [0.2, 0.25) is 0 Å². The highest BCUT2D eigenvalue weighted by atomic mass is 35.5. The van der Waals surface area contributed by atoms with E-state index in [9.17, 15) is 9.59 Å². The second kappa shape index (κ2) is 7.36. The fraction of sp³-hybridized carbons (Fsp3) is 0.385. The summed E-state index contributed by atoms with van der Waals surface area (Å²) < 4.78 is 4.87. The quantitative estimate of drug-likeness (QED) is 0.847. The molecule has 0 aromatic heterocycles. The van der Waals surface area contributed by atoms with Gasteiger partial charge in [0.1, 0.15) is 0 Å². The van der Waals surface area contributed by atoms with Crippen molar-refractivity contribution in [1.82, 2.24) is 0 Å². The van der Waals surface area contributed by atoms with E-state index in [0.717, 1.165) is 0 Å². The Kier molecular flexibility index (Phi) is 6.12. The molecule has 1 atom stereocenters. The summed E-state index contributed by atoms with van der Waals surface area (Å²) in [7, 11) is 0. The second-order valence-electron chi connectivity index (χ2n) is 4.07. The normalized spacial score (nSPS) is 11.8. The van der Waals surface area contributed by atoms with E-state index in [4.69, 9.17) is 27.9 Å². The zero-order chi connectivity index (χ0) is 14.4. The van der Waals surface area contributed by atoms with E-state index in [-0.39, 0.29) is 17.5 Å². The maximum Gasteiger partial charge on any atom is 0.309 e. The summed E-state index contributed by atoms with van der Waals surface area (Å²) in [5, 5.41) is 3.13. The topological polar surface area (TPSA) is 55.4 Å². The fourth-order valence-electron chi connectivity index (χ4n) is 1.23. The van der Waals surface area contributed by atoms with Crippen LogP contribution in [0.2, 0.25) is 10.0 Å². The zero-order valence-corrected chi connectivity index (χ0v) is 12.2. The van der Waals surface area contributed by atoms with Crippen LogP contribution in [-0.2, 0) is 14.3 Å². The summed E-state index contributed by atoms with van der Waals surface area (Å²) in [4.78, 5) is 23.0. The van der Waals surface area contributed by atoms with Crippen LogP contribution in [0.5, 0.6) is 0 Å². The summed E-state index contributed by atoms with van der Waals surface area (Å²) in [6.07, 6.45) is 0.667. The molecule has 1 rings (SSSR count). The Hall–Kier alpha value is -1.26. The van der Waals surface area contributed by atoms with Gasteiger partial charge < -0.3 is 10.1 Å². The molecule has 0 radical (unpaired) electrons. The van der Waals surface area contributed by atoms with Crippen LogP contribution in [0.25, 0.3) is 0 Å². The lowest BCUT2D eigenvalue weighted by molar-refractivity contribution is -0.151. The fourth-order valence-corrected chi connectivity index (χ4v) is 1.58. The minimum absolute atomic E-state index is 0.220. The van der Waals surface area contributed by atoms with Gasteiger partial charge in [-0.3, -0.25) is 9.59 Å². The first-order chi connectivity index (χ1) is 8.95. The predicted molar refractivity (Wildman–Crippen MR) is 75.5 cm³/mol. The highest BCUT2D eigenvalue weighted by molar-refractivity contribution is 6.43. The number of carbonyl (C=O) groups is 2. The first-order valence-corrected chi connectivity index (χ1v) is 6.61. The van der Waals surface area contributed by atoms with Crippen molar-refractivity contribution >= 4 is 40.8 Å². The van der Waals surface area contributed by atoms with E-state index in [2.05, 4.69) is 5.32 Å². The Morgan fingerprint density at radius 1 is 1.37 bits per heavy atom. The number of rotatable bonds is 5. The van der Waals surface area contributed by atoms with E-state index in [1.54, 1.807) is 25.1 Å². The average Bonchev–Trinajstić information content (AvgIpc) is 2.40. The highest BCUT2D eigenvalue weighted by Crippen LogP contribution is 2.29. The number of hydrogen-bond donors (Lipinski definition) is 1. The van der Waals surface area contributed by atoms with Gasteiger partial charge >= 0.3 is 5.97 Å². The first-order valence-electron chi connectivity index (χ1n) is 5.86. The van der Waals surface area contributed by atoms with Gasteiger partial charge in [0.05, 0.1) is 21.7 Å². The van der Waals surface area contributed by atoms with Crippen LogP contribution in [-0.4, -0.2) is 18.5 Å². The number of anilines is 1. The molecular weight excluding hydrogens is 289 g/mol. The van der Waals surface area contributed by atoms with Crippen molar-refractivity contribution < 1.29 is 14.3 Å². The van der Waals surface area contributed by atoms with Crippen LogP contribution in [0, 0.1) is 5.92 Å². The Bertz CT molecular complexity index is 477. The molecule has 0 saturated carbocycles. The monoisotopic (exact) mass is 303 g/mol. The summed E-state index contributed by atoms with van der Waals surface area (Å²) in [5.41, 5.74) is 0.388. The lowest BCUT2D eigenvalue weighted by Gasteiger charge is -2.10. The molecule has 0 aliphatic rings. The van der Waals surface area contributed by atoms with Gasteiger partial charge in [-0.25, -0.2) is 0 Å². The molecule has 0 heterocycles. The van der Waals surface area contributed by atoms with Gasteiger partial charge in [0.25, 0.3) is 5.91 Å². The largest absolute Gasteiger partial charge is 0.455 e. The van der Waals surface area contributed by atoms with Crippen LogP contribution in [0.4, 0.5) is 5.69 Å². The number of benzene rings is 1. The molecule has 0 aliphatic carbocycles. The van der Waals surface area contributed by atoms with Gasteiger partial charge in [-0.1, -0.05) is 43.1 Å². The molecule has 19 heavy (non-hydrogen) atoms. The molecule has 0 fully saturated rings. The number of amides is 1. The maximum atomic E-state index is 11.6. The SMILES string of the molecule is CCC(C)C(=O)OCC(=O)Nc1cccc(Cl)c1Cl. The summed E-state index contributed by atoms with van der Waals surface area (Å²) >= 11 is 11.7. The third-order valence-electron chi connectivity index (χ3n) is 2.59. The average molecular weight is 304 g/mol. The maximum absolute atomic E-state index is 11.6. The van der Waals surface area contributed by atoms with E-state index in [0.29, 0.717) is 17.1 Å². The van der Waals surface area contributed by atoms with Gasteiger partial charge in [-0.2, -0.15) is 0 Å². The Morgan fingerprint density at radius 2 is 2.05 bits per heavy atom. The number of halogens is 2. The molecule has 4 nitrogen and oxygen atoms in total. The van der Waals surface area contributed by atoms with E-state index in [1.807, 2.05) is 6.92 Å². The third kappa shape index (κ3) is 4.73. The number of esters is 1. The summed E-state index contributed by atoms with van der Waals surface area (Å²) in [6.45, 7) is 3.28. The number of carbonyl (C=O) groups excluding carboxylic acids is 2. The van der Waals surface area contributed by atoms with Crippen LogP contribution < -0.4 is 5.32 Å². The van der Waals surface area contributed by atoms with Crippen LogP contribution >= 0.6 is 23.2 Å². The Morgan fingerprint density at radius 3 is 2.68 bits per heavy atom. The van der Waals surface area contributed by atoms with E-state index in [1.165, 1.54) is 0 Å². The molecule has 0 aliphatic heterocycles. The molecule has 0 bridgehead atoms. The smallest absolute Gasteiger partial charge is 0.309 e. The van der Waals surface area contributed by atoms with Crippen molar-refractivity contribution in [2.45, 2.75) is 20.3 Å². The molecule has 104 valence electrons. The van der Waals surface area contributed by atoms with Gasteiger partial charge in [0, 0.05) is 0 Å². The summed E-state index contributed by atoms with van der Waals surface area (Å²) in [5.74, 6) is -1.07. The van der Waals surface area contributed by atoms with Crippen LogP contribution in [0.3, 0.4) is 0 Å². The predicted octanol–water partition coefficient (Wildman–Crippen LogP) is 3.52. The van der Waals surface area contributed by atoms with Crippen molar-refractivity contribution in [3.8, 4) is 0 Å². The Balaban J connectivity index is 2.52. The second-order valence-corrected chi connectivity index (χ2v) is 4.85. The molecule has 0 saturated heterocycles. The number of hydrogen-bond acceptors (Lipinski definition) is 3. The Labute approximate surface area is 122 Å². The summed E-state index contributed by atoms with van der Waals surface area (Å²) in [6, 6.07) is 4.89. The minimum atomic E-state index is -0.458. The molecule has 1 aromatic carbocycles. The lowest BCUT2D eigenvalue weighted by Crippen LogP contribution is -2.23. The van der Waals surface area contributed by atoms with Gasteiger partial charge in [0.15, 0.2) is 6.61 Å². The zero-order valence-electron chi connectivity index (χ0n) is 10.7. The molecule has 1 amide bonds.